The van der Waals surface area contributed by atoms with E-state index >= 15 is 0 Å². The van der Waals surface area contributed by atoms with E-state index in [4.69, 9.17) is 4.98 Å². The summed E-state index contributed by atoms with van der Waals surface area (Å²) >= 11 is 1.64. The lowest BCUT2D eigenvalue weighted by molar-refractivity contribution is 0.831. The van der Waals surface area contributed by atoms with Gasteiger partial charge in [0.1, 0.15) is 0 Å². The van der Waals surface area contributed by atoms with Gasteiger partial charge in [-0.1, -0.05) is 30.3 Å². The molecule has 0 radical (unpaired) electrons. The molecular weight excluding hydrogens is 280 g/mol. The Kier molecular flexibility index (Phi) is 4.03. The molecule has 0 aliphatic heterocycles. The molecule has 0 saturated carbocycles. The summed E-state index contributed by atoms with van der Waals surface area (Å²) in [5.74, 6) is 0.685. The van der Waals surface area contributed by atoms with Gasteiger partial charge in [0.05, 0.1) is 5.69 Å². The molecule has 0 spiro atoms. The predicted molar refractivity (Wildman–Crippen MR) is 86.1 cm³/mol. The van der Waals surface area contributed by atoms with E-state index in [1.165, 1.54) is 4.88 Å². The molecule has 0 unspecified atom stereocenters. The van der Waals surface area contributed by atoms with Gasteiger partial charge in [-0.2, -0.15) is 0 Å². The summed E-state index contributed by atoms with van der Waals surface area (Å²) in [5, 5.41) is 4.06. The average Bonchev–Trinajstić information content (AvgIpc) is 2.93. The number of benzene rings is 1. The molecule has 4 nitrogen and oxygen atoms in total. The first-order valence-corrected chi connectivity index (χ1v) is 7.58. The first-order valence-electron chi connectivity index (χ1n) is 6.76. The minimum Gasteiger partial charge on any atom is -0.315 e. The Morgan fingerprint density at radius 3 is 2.48 bits per heavy atom. The van der Waals surface area contributed by atoms with Crippen LogP contribution in [0.1, 0.15) is 10.4 Å². The zero-order valence-electron chi connectivity index (χ0n) is 12.0. The molecule has 0 aliphatic rings. The van der Waals surface area contributed by atoms with Crippen LogP contribution in [0.2, 0.25) is 0 Å². The van der Waals surface area contributed by atoms with E-state index in [0.717, 1.165) is 28.4 Å². The number of aryl methyl sites for hydroxylation is 1. The minimum atomic E-state index is 0.685. The van der Waals surface area contributed by atoms with Crippen LogP contribution in [0.3, 0.4) is 0 Å². The summed E-state index contributed by atoms with van der Waals surface area (Å²) in [5.41, 5.74) is 3.18. The van der Waals surface area contributed by atoms with Crippen LogP contribution < -0.4 is 5.32 Å². The largest absolute Gasteiger partial charge is 0.315 e. The average molecular weight is 296 g/mol. The Morgan fingerprint density at radius 1 is 1.10 bits per heavy atom. The molecule has 21 heavy (non-hydrogen) atoms. The van der Waals surface area contributed by atoms with Gasteiger partial charge in [0.25, 0.3) is 0 Å². The second-order valence-corrected chi connectivity index (χ2v) is 5.85. The molecule has 1 N–H and O–H groups in total. The summed E-state index contributed by atoms with van der Waals surface area (Å²) in [6.45, 7) is 2.77. The van der Waals surface area contributed by atoms with Crippen LogP contribution in [0.4, 0.5) is 0 Å². The Hall–Kier alpha value is -2.11. The molecule has 3 aromatic rings. The number of nitrogens with one attached hydrogen (secondary N) is 1. The normalized spacial score (nSPS) is 10.8. The summed E-state index contributed by atoms with van der Waals surface area (Å²) in [7, 11) is 1.94. The van der Waals surface area contributed by atoms with Gasteiger partial charge in [0.15, 0.2) is 10.8 Å². The van der Waals surface area contributed by atoms with Crippen molar-refractivity contribution in [1.82, 2.24) is 20.3 Å². The zero-order chi connectivity index (χ0) is 14.7. The maximum absolute atomic E-state index is 4.75. The van der Waals surface area contributed by atoms with Crippen LogP contribution in [0, 0.1) is 6.92 Å². The highest BCUT2D eigenvalue weighted by molar-refractivity contribution is 7.15. The van der Waals surface area contributed by atoms with Gasteiger partial charge in [0.2, 0.25) is 0 Å². The minimum absolute atomic E-state index is 0.685. The SMILES string of the molecule is CNCc1sc(-c2ncc(C)cn2)nc1-c1ccccc1. The van der Waals surface area contributed by atoms with Crippen LogP contribution in [0.25, 0.3) is 22.1 Å². The molecule has 0 amide bonds. The van der Waals surface area contributed by atoms with Crippen LogP contribution in [-0.2, 0) is 6.54 Å². The highest BCUT2D eigenvalue weighted by atomic mass is 32.1. The molecule has 0 aliphatic carbocycles. The fourth-order valence-corrected chi connectivity index (χ4v) is 3.10. The fraction of sp³-hybridized carbons (Fsp3) is 0.188. The predicted octanol–water partition coefficient (Wildman–Crippen LogP) is 3.29. The maximum Gasteiger partial charge on any atom is 0.188 e. The third-order valence-electron chi connectivity index (χ3n) is 3.05. The van der Waals surface area contributed by atoms with Gasteiger partial charge in [-0.3, -0.25) is 0 Å². The fourth-order valence-electron chi connectivity index (χ4n) is 2.05. The molecule has 2 heterocycles. The maximum atomic E-state index is 4.75. The van der Waals surface area contributed by atoms with Crippen molar-refractivity contribution in [2.45, 2.75) is 13.5 Å². The second-order valence-electron chi connectivity index (χ2n) is 4.77. The van der Waals surface area contributed by atoms with E-state index < -0.39 is 0 Å². The van der Waals surface area contributed by atoms with E-state index in [-0.39, 0.29) is 0 Å². The first kappa shape index (κ1) is 13.9. The van der Waals surface area contributed by atoms with Crippen LogP contribution >= 0.6 is 11.3 Å². The van der Waals surface area contributed by atoms with Gasteiger partial charge in [-0.15, -0.1) is 11.3 Å². The van der Waals surface area contributed by atoms with Crippen molar-refractivity contribution in [2.75, 3.05) is 7.05 Å². The smallest absolute Gasteiger partial charge is 0.188 e. The van der Waals surface area contributed by atoms with Crippen LogP contribution in [-0.4, -0.2) is 22.0 Å². The lowest BCUT2D eigenvalue weighted by Gasteiger charge is -2.00. The number of hydrogen-bond acceptors (Lipinski definition) is 5. The molecule has 0 saturated heterocycles. The topological polar surface area (TPSA) is 50.7 Å². The molecule has 0 bridgehead atoms. The van der Waals surface area contributed by atoms with E-state index in [1.807, 2.05) is 44.6 Å². The number of aromatic nitrogens is 3. The van der Waals surface area contributed by atoms with Crippen molar-refractivity contribution in [1.29, 1.82) is 0 Å². The van der Waals surface area contributed by atoms with E-state index in [1.54, 1.807) is 11.3 Å². The Balaban J connectivity index is 2.06. The van der Waals surface area contributed by atoms with Crippen molar-refractivity contribution >= 4 is 11.3 Å². The quantitative estimate of drug-likeness (QED) is 0.802. The van der Waals surface area contributed by atoms with E-state index in [9.17, 15) is 0 Å². The lowest BCUT2D eigenvalue weighted by atomic mass is 10.1. The van der Waals surface area contributed by atoms with Crippen molar-refractivity contribution in [3.63, 3.8) is 0 Å². The number of thiazole rings is 1. The van der Waals surface area contributed by atoms with Gasteiger partial charge < -0.3 is 5.32 Å². The molecular formula is C16H16N4S. The summed E-state index contributed by atoms with van der Waals surface area (Å²) in [6.07, 6.45) is 3.65. The third kappa shape index (κ3) is 2.99. The van der Waals surface area contributed by atoms with Crippen molar-refractivity contribution in [3.05, 3.63) is 53.2 Å². The van der Waals surface area contributed by atoms with Gasteiger partial charge in [-0.05, 0) is 19.5 Å². The second kappa shape index (κ2) is 6.11. The Morgan fingerprint density at radius 2 is 1.81 bits per heavy atom. The van der Waals surface area contributed by atoms with E-state index in [0.29, 0.717) is 5.82 Å². The highest BCUT2D eigenvalue weighted by Gasteiger charge is 2.15. The van der Waals surface area contributed by atoms with Crippen LogP contribution in [0.5, 0.6) is 0 Å². The number of rotatable bonds is 4. The standard InChI is InChI=1S/C16H16N4S/c1-11-8-18-15(19-9-11)16-20-14(13(21-16)10-17-2)12-6-4-3-5-7-12/h3-9,17H,10H2,1-2H3. The summed E-state index contributed by atoms with van der Waals surface area (Å²) < 4.78 is 0. The molecule has 0 atom stereocenters. The first-order chi connectivity index (χ1) is 10.3. The van der Waals surface area contributed by atoms with Crippen molar-refractivity contribution in [3.8, 4) is 22.1 Å². The monoisotopic (exact) mass is 296 g/mol. The van der Waals surface area contributed by atoms with Crippen molar-refractivity contribution in [2.24, 2.45) is 0 Å². The molecule has 0 fully saturated rings. The Labute approximate surface area is 127 Å². The van der Waals surface area contributed by atoms with Crippen molar-refractivity contribution < 1.29 is 0 Å². The zero-order valence-corrected chi connectivity index (χ0v) is 12.8. The van der Waals surface area contributed by atoms with Gasteiger partial charge >= 0.3 is 0 Å². The van der Waals surface area contributed by atoms with Gasteiger partial charge in [-0.25, -0.2) is 15.0 Å². The summed E-state index contributed by atoms with van der Waals surface area (Å²) in [4.78, 5) is 14.7. The number of hydrogen-bond donors (Lipinski definition) is 1. The molecule has 1 aromatic carbocycles. The summed E-state index contributed by atoms with van der Waals surface area (Å²) in [6, 6.07) is 10.2. The molecule has 5 heteroatoms. The lowest BCUT2D eigenvalue weighted by Crippen LogP contribution is -2.04. The molecule has 3 rings (SSSR count). The van der Waals surface area contributed by atoms with E-state index in [2.05, 4.69) is 27.4 Å². The Bertz CT molecular complexity index is 720. The molecule has 2 aromatic heterocycles. The van der Waals surface area contributed by atoms with Crippen LogP contribution in [0.15, 0.2) is 42.7 Å². The van der Waals surface area contributed by atoms with Gasteiger partial charge in [0, 0.05) is 29.4 Å². The highest BCUT2D eigenvalue weighted by Crippen LogP contribution is 2.32. The molecule has 106 valence electrons. The third-order valence-corrected chi connectivity index (χ3v) is 4.11. The number of nitrogens with zero attached hydrogens (tertiary/aromatic N) is 3.